The zero-order valence-electron chi connectivity index (χ0n) is 11.0. The van der Waals surface area contributed by atoms with Crippen LogP contribution in [0.15, 0.2) is 18.2 Å². The van der Waals surface area contributed by atoms with Gasteiger partial charge in [-0.3, -0.25) is 4.79 Å². The summed E-state index contributed by atoms with van der Waals surface area (Å²) in [4.78, 5) is 11.6. The zero-order valence-corrected chi connectivity index (χ0v) is 11.0. The number of halogens is 1. The molecule has 19 heavy (non-hydrogen) atoms. The van der Waals surface area contributed by atoms with E-state index in [-0.39, 0.29) is 31.3 Å². The van der Waals surface area contributed by atoms with Crippen molar-refractivity contribution >= 4 is 5.97 Å². The first kappa shape index (κ1) is 13.8. The zero-order chi connectivity index (χ0) is 14.0. The first-order chi connectivity index (χ1) is 8.94. The summed E-state index contributed by atoms with van der Waals surface area (Å²) in [5, 5.41) is 10.7. The summed E-state index contributed by atoms with van der Waals surface area (Å²) in [6, 6.07) is 3.92. The number of aliphatic hydroxyl groups is 1. The van der Waals surface area contributed by atoms with Crippen LogP contribution in [0.3, 0.4) is 0 Å². The number of carbonyl (C=O) groups excluding carboxylic acids is 1. The average molecular weight is 268 g/mol. The highest BCUT2D eigenvalue weighted by Crippen LogP contribution is 2.41. The van der Waals surface area contributed by atoms with Crippen LogP contribution in [0.25, 0.3) is 0 Å². The lowest BCUT2D eigenvalue weighted by molar-refractivity contribution is -0.151. The van der Waals surface area contributed by atoms with Crippen LogP contribution in [0.5, 0.6) is 5.75 Å². The molecule has 0 fully saturated rings. The fourth-order valence-electron chi connectivity index (χ4n) is 2.44. The first-order valence-electron chi connectivity index (χ1n) is 6.29. The molecule has 0 saturated carbocycles. The smallest absolute Gasteiger partial charge is 0.309 e. The Morgan fingerprint density at radius 2 is 2.37 bits per heavy atom. The second-order valence-electron chi connectivity index (χ2n) is 4.79. The molecule has 104 valence electrons. The molecule has 1 aliphatic heterocycles. The number of hydrogen-bond acceptors (Lipinski definition) is 4. The van der Waals surface area contributed by atoms with Crippen LogP contribution in [0.2, 0.25) is 0 Å². The summed E-state index contributed by atoms with van der Waals surface area (Å²) in [5.41, 5.74) is -0.937. The van der Waals surface area contributed by atoms with Gasteiger partial charge in [0.1, 0.15) is 17.2 Å². The van der Waals surface area contributed by atoms with E-state index in [2.05, 4.69) is 0 Å². The summed E-state index contributed by atoms with van der Waals surface area (Å²) in [6.45, 7) is 3.74. The van der Waals surface area contributed by atoms with Crippen LogP contribution in [-0.2, 0) is 15.1 Å². The van der Waals surface area contributed by atoms with Crippen LogP contribution >= 0.6 is 0 Å². The van der Waals surface area contributed by atoms with Gasteiger partial charge in [-0.05, 0) is 26.0 Å². The molecule has 0 radical (unpaired) electrons. The van der Waals surface area contributed by atoms with Gasteiger partial charge in [-0.2, -0.15) is 0 Å². The predicted molar refractivity (Wildman–Crippen MR) is 66.3 cm³/mol. The molecule has 5 heteroatoms. The third-order valence-corrected chi connectivity index (χ3v) is 3.14. The lowest BCUT2D eigenvalue weighted by Gasteiger charge is -2.37. The van der Waals surface area contributed by atoms with Gasteiger partial charge in [0.25, 0.3) is 0 Å². The lowest BCUT2D eigenvalue weighted by atomic mass is 9.83. The van der Waals surface area contributed by atoms with Crippen molar-refractivity contribution in [1.29, 1.82) is 0 Å². The van der Waals surface area contributed by atoms with Crippen LogP contribution in [-0.4, -0.2) is 23.8 Å². The largest absolute Gasteiger partial charge is 0.490 e. The van der Waals surface area contributed by atoms with Crippen molar-refractivity contribution in [3.05, 3.63) is 29.6 Å². The number of hydrogen-bond donors (Lipinski definition) is 1. The van der Waals surface area contributed by atoms with Gasteiger partial charge in [0, 0.05) is 18.1 Å². The number of fused-ring (bicyclic) bond motifs is 1. The van der Waals surface area contributed by atoms with Gasteiger partial charge in [0.05, 0.1) is 19.1 Å². The summed E-state index contributed by atoms with van der Waals surface area (Å²) < 4.78 is 23.6. The molecule has 0 saturated heterocycles. The highest BCUT2D eigenvalue weighted by atomic mass is 19.1. The number of carbonyl (C=O) groups is 1. The Hall–Kier alpha value is -1.62. The number of benzene rings is 1. The van der Waals surface area contributed by atoms with E-state index in [9.17, 15) is 14.3 Å². The fourth-order valence-corrected chi connectivity index (χ4v) is 2.44. The van der Waals surface area contributed by atoms with Crippen molar-refractivity contribution in [3.8, 4) is 5.75 Å². The quantitative estimate of drug-likeness (QED) is 0.853. The molecule has 1 N–H and O–H groups in total. The molecule has 2 atom stereocenters. The number of rotatable bonds is 3. The Morgan fingerprint density at radius 1 is 1.63 bits per heavy atom. The predicted octanol–water partition coefficient (Wildman–Crippen LogP) is 2.14. The van der Waals surface area contributed by atoms with Crippen molar-refractivity contribution in [3.63, 3.8) is 0 Å². The molecule has 0 bridgehead atoms. The molecule has 0 aromatic heterocycles. The average Bonchev–Trinajstić information content (AvgIpc) is 2.27. The Labute approximate surface area is 111 Å². The minimum Gasteiger partial charge on any atom is -0.490 e. The Morgan fingerprint density at radius 3 is 3.05 bits per heavy atom. The number of esters is 1. The van der Waals surface area contributed by atoms with E-state index in [1.54, 1.807) is 13.8 Å². The highest BCUT2D eigenvalue weighted by Gasteiger charge is 2.41. The molecule has 1 aliphatic rings. The maximum Gasteiger partial charge on any atom is 0.309 e. The SMILES string of the molecule is CCOC(=O)C[C@]1(O)C[C@@H](C)Oc2cc(F)ccc21. The van der Waals surface area contributed by atoms with E-state index in [0.717, 1.165) is 0 Å². The molecular formula is C14H17FO4. The van der Waals surface area contributed by atoms with Gasteiger partial charge in [0.15, 0.2) is 0 Å². The maximum absolute atomic E-state index is 13.2. The van der Waals surface area contributed by atoms with E-state index < -0.39 is 17.4 Å². The van der Waals surface area contributed by atoms with E-state index in [1.165, 1.54) is 18.2 Å². The van der Waals surface area contributed by atoms with Crippen LogP contribution < -0.4 is 4.74 Å². The van der Waals surface area contributed by atoms with E-state index >= 15 is 0 Å². The Bertz CT molecular complexity index is 488. The Kier molecular flexibility index (Phi) is 3.75. The third kappa shape index (κ3) is 2.87. The maximum atomic E-state index is 13.2. The topological polar surface area (TPSA) is 55.8 Å². The molecule has 2 rings (SSSR count). The minimum atomic E-state index is -1.37. The van der Waals surface area contributed by atoms with E-state index in [0.29, 0.717) is 5.56 Å². The molecule has 0 aliphatic carbocycles. The van der Waals surface area contributed by atoms with Crippen LogP contribution in [0, 0.1) is 5.82 Å². The van der Waals surface area contributed by atoms with E-state index in [4.69, 9.17) is 9.47 Å². The lowest BCUT2D eigenvalue weighted by Crippen LogP contribution is -2.39. The number of ether oxygens (including phenoxy) is 2. The molecular weight excluding hydrogens is 251 g/mol. The molecule has 0 spiro atoms. The van der Waals surface area contributed by atoms with Gasteiger partial charge in [0.2, 0.25) is 0 Å². The highest BCUT2D eigenvalue weighted by molar-refractivity contribution is 5.71. The van der Waals surface area contributed by atoms with Gasteiger partial charge in [-0.25, -0.2) is 4.39 Å². The molecule has 0 amide bonds. The second-order valence-corrected chi connectivity index (χ2v) is 4.79. The monoisotopic (exact) mass is 268 g/mol. The first-order valence-corrected chi connectivity index (χ1v) is 6.29. The van der Waals surface area contributed by atoms with Gasteiger partial charge < -0.3 is 14.6 Å². The summed E-state index contributed by atoms with van der Waals surface area (Å²) >= 11 is 0. The van der Waals surface area contributed by atoms with Crippen molar-refractivity contribution in [1.82, 2.24) is 0 Å². The van der Waals surface area contributed by atoms with Gasteiger partial charge in [-0.1, -0.05) is 0 Å². The van der Waals surface area contributed by atoms with Crippen molar-refractivity contribution in [2.45, 2.75) is 38.4 Å². The summed E-state index contributed by atoms with van der Waals surface area (Å²) in [7, 11) is 0. The molecule has 1 heterocycles. The van der Waals surface area contributed by atoms with Crippen molar-refractivity contribution in [2.24, 2.45) is 0 Å². The summed E-state index contributed by atoms with van der Waals surface area (Å²) in [6.07, 6.45) is -0.189. The molecule has 4 nitrogen and oxygen atoms in total. The standard InChI is InChI=1S/C14H17FO4/c1-3-18-13(16)8-14(17)7-9(2)19-12-6-10(15)4-5-11(12)14/h4-6,9,17H,3,7-8H2,1-2H3/t9-,14-/m1/s1. The fraction of sp³-hybridized carbons (Fsp3) is 0.500. The molecule has 0 unspecified atom stereocenters. The third-order valence-electron chi connectivity index (χ3n) is 3.14. The van der Waals surface area contributed by atoms with Crippen molar-refractivity contribution in [2.75, 3.05) is 6.61 Å². The second kappa shape index (κ2) is 5.17. The molecule has 1 aromatic carbocycles. The van der Waals surface area contributed by atoms with E-state index in [1.807, 2.05) is 0 Å². The molecule has 1 aromatic rings. The van der Waals surface area contributed by atoms with Crippen LogP contribution in [0.4, 0.5) is 4.39 Å². The van der Waals surface area contributed by atoms with Gasteiger partial charge >= 0.3 is 5.97 Å². The normalized spacial score (nSPS) is 25.4. The van der Waals surface area contributed by atoms with Crippen LogP contribution in [0.1, 0.15) is 32.3 Å². The van der Waals surface area contributed by atoms with Gasteiger partial charge in [-0.15, -0.1) is 0 Å². The minimum absolute atomic E-state index is 0.160. The summed E-state index contributed by atoms with van der Waals surface area (Å²) in [5.74, 6) is -0.633. The Balaban J connectivity index is 2.33. The van der Waals surface area contributed by atoms with Crippen molar-refractivity contribution < 1.29 is 23.8 Å².